The van der Waals surface area contributed by atoms with E-state index in [-0.39, 0.29) is 0 Å². The summed E-state index contributed by atoms with van der Waals surface area (Å²) in [5, 5.41) is 13.1. The summed E-state index contributed by atoms with van der Waals surface area (Å²) >= 11 is 3.29. The van der Waals surface area contributed by atoms with Gasteiger partial charge >= 0.3 is 0 Å². The molecular formula is C6H9BrN2O. The average Bonchev–Trinajstić information content (AvgIpc) is 2.14. The molecule has 0 aromatic carbocycles. The number of hydrogen-bond donors (Lipinski definition) is 1. The third-order valence-corrected chi connectivity index (χ3v) is 2.31. The number of rotatable bonds is 1. The van der Waals surface area contributed by atoms with Gasteiger partial charge in [0.1, 0.15) is 4.60 Å². The molecule has 0 radical (unpaired) electrons. The minimum Gasteiger partial charge on any atom is -0.389 e. The fourth-order valence-electron chi connectivity index (χ4n) is 0.720. The number of hydrogen-bond acceptors (Lipinski definition) is 2. The molecule has 0 aliphatic heterocycles. The molecule has 0 aliphatic carbocycles. The van der Waals surface area contributed by atoms with Gasteiger partial charge in [0.15, 0.2) is 0 Å². The van der Waals surface area contributed by atoms with Gasteiger partial charge in [0.2, 0.25) is 0 Å². The molecule has 1 aromatic heterocycles. The van der Waals surface area contributed by atoms with Gasteiger partial charge in [-0.3, -0.25) is 4.68 Å². The second-order valence-electron chi connectivity index (χ2n) is 2.19. The first-order valence-corrected chi connectivity index (χ1v) is 3.77. The molecule has 1 aromatic rings. The molecule has 4 heteroatoms. The van der Waals surface area contributed by atoms with Crippen molar-refractivity contribution >= 4 is 15.9 Å². The van der Waals surface area contributed by atoms with E-state index in [0.29, 0.717) is 0 Å². The van der Waals surface area contributed by atoms with Gasteiger partial charge in [-0.25, -0.2) is 0 Å². The average molecular weight is 205 g/mol. The van der Waals surface area contributed by atoms with Crippen LogP contribution in [0, 0.1) is 0 Å². The Morgan fingerprint density at radius 2 is 2.40 bits per heavy atom. The van der Waals surface area contributed by atoms with Gasteiger partial charge in [0, 0.05) is 12.6 Å². The highest BCUT2D eigenvalue weighted by Gasteiger charge is 2.08. The molecular weight excluding hydrogens is 196 g/mol. The number of nitrogens with zero attached hydrogens (tertiary/aromatic N) is 2. The Bertz CT molecular complexity index is 232. The minimum absolute atomic E-state index is 0.455. The molecule has 0 saturated heterocycles. The van der Waals surface area contributed by atoms with Crippen LogP contribution in [0.5, 0.6) is 0 Å². The molecule has 56 valence electrons. The summed E-state index contributed by atoms with van der Waals surface area (Å²) in [5.41, 5.74) is 0.822. The monoisotopic (exact) mass is 204 g/mol. The first kappa shape index (κ1) is 7.75. The maximum atomic E-state index is 9.13. The SMILES string of the molecule is CC(O)c1cnn(C)c1Br. The van der Waals surface area contributed by atoms with Crippen LogP contribution in [-0.2, 0) is 7.05 Å². The molecule has 0 saturated carbocycles. The van der Waals surface area contributed by atoms with E-state index >= 15 is 0 Å². The van der Waals surface area contributed by atoms with Crippen molar-refractivity contribution < 1.29 is 5.11 Å². The normalized spacial score (nSPS) is 13.6. The van der Waals surface area contributed by atoms with E-state index in [0.717, 1.165) is 10.2 Å². The number of aliphatic hydroxyl groups is 1. The molecule has 1 heterocycles. The Hall–Kier alpha value is -0.350. The van der Waals surface area contributed by atoms with Crippen molar-refractivity contribution in [2.24, 2.45) is 7.05 Å². The third-order valence-electron chi connectivity index (χ3n) is 1.34. The number of aliphatic hydroxyl groups excluding tert-OH is 1. The van der Waals surface area contributed by atoms with Gasteiger partial charge in [-0.15, -0.1) is 0 Å². The van der Waals surface area contributed by atoms with Crippen molar-refractivity contribution in [3.8, 4) is 0 Å². The first-order valence-electron chi connectivity index (χ1n) is 2.98. The molecule has 3 nitrogen and oxygen atoms in total. The summed E-state index contributed by atoms with van der Waals surface area (Å²) in [5.74, 6) is 0. The highest BCUT2D eigenvalue weighted by Crippen LogP contribution is 2.21. The zero-order chi connectivity index (χ0) is 7.72. The second kappa shape index (κ2) is 2.72. The molecule has 0 amide bonds. The predicted octanol–water partition coefficient (Wildman–Crippen LogP) is 1.24. The van der Waals surface area contributed by atoms with Crippen LogP contribution in [0.1, 0.15) is 18.6 Å². The summed E-state index contributed by atoms with van der Waals surface area (Å²) in [6, 6.07) is 0. The Labute approximate surface area is 67.8 Å². The van der Waals surface area contributed by atoms with Crippen LogP contribution < -0.4 is 0 Å². The van der Waals surface area contributed by atoms with E-state index < -0.39 is 6.10 Å². The van der Waals surface area contributed by atoms with Gasteiger partial charge in [-0.1, -0.05) is 0 Å². The van der Waals surface area contributed by atoms with Gasteiger partial charge < -0.3 is 5.11 Å². The Morgan fingerprint density at radius 3 is 2.60 bits per heavy atom. The molecule has 0 fully saturated rings. The lowest BCUT2D eigenvalue weighted by Gasteiger charge is -1.99. The third kappa shape index (κ3) is 1.22. The summed E-state index contributed by atoms with van der Waals surface area (Å²) < 4.78 is 2.50. The lowest BCUT2D eigenvalue weighted by Crippen LogP contribution is -1.92. The van der Waals surface area contributed by atoms with E-state index in [1.54, 1.807) is 17.8 Å². The topological polar surface area (TPSA) is 38.1 Å². The molecule has 0 aliphatic rings. The van der Waals surface area contributed by atoms with Crippen molar-refractivity contribution in [1.82, 2.24) is 9.78 Å². The van der Waals surface area contributed by atoms with Crippen molar-refractivity contribution in [2.45, 2.75) is 13.0 Å². The van der Waals surface area contributed by atoms with Gasteiger partial charge in [-0.2, -0.15) is 5.10 Å². The van der Waals surface area contributed by atoms with Gasteiger partial charge in [0.25, 0.3) is 0 Å². The Morgan fingerprint density at radius 1 is 1.80 bits per heavy atom. The van der Waals surface area contributed by atoms with E-state index in [1.165, 1.54) is 0 Å². The quantitative estimate of drug-likeness (QED) is 0.748. The first-order chi connectivity index (χ1) is 4.63. The number of aromatic nitrogens is 2. The summed E-state index contributed by atoms with van der Waals surface area (Å²) in [7, 11) is 1.82. The number of aryl methyl sites for hydroxylation is 1. The van der Waals surface area contributed by atoms with Crippen molar-refractivity contribution in [3.05, 3.63) is 16.4 Å². The van der Waals surface area contributed by atoms with Crippen LogP contribution in [-0.4, -0.2) is 14.9 Å². The molecule has 1 N–H and O–H groups in total. The largest absolute Gasteiger partial charge is 0.389 e. The van der Waals surface area contributed by atoms with Crippen molar-refractivity contribution in [2.75, 3.05) is 0 Å². The Balaban J connectivity index is 3.05. The Kier molecular flexibility index (Phi) is 2.11. The number of halogens is 1. The minimum atomic E-state index is -0.455. The molecule has 1 atom stereocenters. The molecule has 1 unspecified atom stereocenters. The van der Waals surface area contributed by atoms with E-state index in [4.69, 9.17) is 5.11 Å². The lowest BCUT2D eigenvalue weighted by atomic mass is 10.2. The molecule has 10 heavy (non-hydrogen) atoms. The summed E-state index contributed by atoms with van der Waals surface area (Å²) in [6.07, 6.45) is 1.19. The van der Waals surface area contributed by atoms with Crippen LogP contribution in [0.4, 0.5) is 0 Å². The van der Waals surface area contributed by atoms with Crippen molar-refractivity contribution in [3.63, 3.8) is 0 Å². The predicted molar refractivity (Wildman–Crippen MR) is 41.5 cm³/mol. The lowest BCUT2D eigenvalue weighted by molar-refractivity contribution is 0.198. The van der Waals surface area contributed by atoms with E-state index in [1.807, 2.05) is 7.05 Å². The maximum Gasteiger partial charge on any atom is 0.109 e. The maximum absolute atomic E-state index is 9.13. The smallest absolute Gasteiger partial charge is 0.109 e. The zero-order valence-corrected chi connectivity index (χ0v) is 7.46. The fourth-order valence-corrected chi connectivity index (χ4v) is 1.25. The van der Waals surface area contributed by atoms with Gasteiger partial charge in [-0.05, 0) is 22.9 Å². The fraction of sp³-hybridized carbons (Fsp3) is 0.500. The van der Waals surface area contributed by atoms with Crippen LogP contribution >= 0.6 is 15.9 Å². The summed E-state index contributed by atoms with van der Waals surface area (Å²) in [6.45, 7) is 1.71. The zero-order valence-electron chi connectivity index (χ0n) is 5.87. The highest BCUT2D eigenvalue weighted by molar-refractivity contribution is 9.10. The molecule has 1 rings (SSSR count). The highest BCUT2D eigenvalue weighted by atomic mass is 79.9. The van der Waals surface area contributed by atoms with E-state index in [9.17, 15) is 0 Å². The standard InChI is InChI=1S/C6H9BrN2O/c1-4(10)5-3-8-9(2)6(5)7/h3-4,10H,1-2H3. The van der Waals surface area contributed by atoms with Crippen LogP contribution in [0.2, 0.25) is 0 Å². The molecule has 0 spiro atoms. The van der Waals surface area contributed by atoms with Crippen LogP contribution in [0.15, 0.2) is 10.8 Å². The second-order valence-corrected chi connectivity index (χ2v) is 2.94. The molecule has 0 bridgehead atoms. The van der Waals surface area contributed by atoms with Crippen molar-refractivity contribution in [1.29, 1.82) is 0 Å². The van der Waals surface area contributed by atoms with Crippen LogP contribution in [0.25, 0.3) is 0 Å². The van der Waals surface area contributed by atoms with Gasteiger partial charge in [0.05, 0.1) is 12.3 Å². The van der Waals surface area contributed by atoms with Crippen LogP contribution in [0.3, 0.4) is 0 Å². The van der Waals surface area contributed by atoms with E-state index in [2.05, 4.69) is 21.0 Å². The summed E-state index contributed by atoms with van der Waals surface area (Å²) in [4.78, 5) is 0.